The highest BCUT2D eigenvalue weighted by Gasteiger charge is 2.39. The van der Waals surface area contributed by atoms with Gasteiger partial charge in [0, 0.05) is 0 Å². The second-order valence-electron chi connectivity index (χ2n) is 4.94. The molecule has 2 atom stereocenters. The van der Waals surface area contributed by atoms with Gasteiger partial charge in [0.1, 0.15) is 0 Å². The Kier molecular flexibility index (Phi) is 3.88. The number of methoxy groups -OCH3 is 2. The van der Waals surface area contributed by atoms with Gasteiger partial charge in [-0.3, -0.25) is 9.59 Å². The Balaban J connectivity index is 2.36. The molecule has 0 unspecified atom stereocenters. The number of hydrogen-bond acceptors (Lipinski definition) is 4. The molecule has 0 bridgehead atoms. The van der Waals surface area contributed by atoms with E-state index in [1.807, 2.05) is 19.1 Å². The summed E-state index contributed by atoms with van der Waals surface area (Å²) in [5.74, 6) is -1.59. The Labute approximate surface area is 112 Å². The maximum Gasteiger partial charge on any atom is 0.309 e. The smallest absolute Gasteiger partial charge is 0.309 e. The standard InChI is InChI=1S/C15H18O4/c1-9-4-5-10-7-12(14(16)18-2)13(15(17)19-3)8-11(10)6-9/h4-6,12-13H,7-8H2,1-3H3/t12-,13-/m0/s1. The van der Waals surface area contributed by atoms with Crippen LogP contribution in [0.4, 0.5) is 0 Å². The molecule has 0 amide bonds. The van der Waals surface area contributed by atoms with Gasteiger partial charge in [-0.25, -0.2) is 0 Å². The molecule has 0 radical (unpaired) electrons. The average Bonchev–Trinajstić information content (AvgIpc) is 2.44. The SMILES string of the molecule is COC(=O)[C@H]1Cc2ccc(C)cc2C[C@@H]1C(=O)OC. The van der Waals surface area contributed by atoms with Crippen molar-refractivity contribution >= 4 is 11.9 Å². The molecule has 102 valence electrons. The summed E-state index contributed by atoms with van der Waals surface area (Å²) in [6.45, 7) is 2.01. The van der Waals surface area contributed by atoms with Gasteiger partial charge in [0.15, 0.2) is 0 Å². The fourth-order valence-corrected chi connectivity index (χ4v) is 2.70. The Hall–Kier alpha value is -1.84. The van der Waals surface area contributed by atoms with Gasteiger partial charge in [0.25, 0.3) is 0 Å². The van der Waals surface area contributed by atoms with Crippen LogP contribution in [0.25, 0.3) is 0 Å². The molecule has 1 aliphatic rings. The maximum absolute atomic E-state index is 11.9. The first-order valence-corrected chi connectivity index (χ1v) is 6.31. The summed E-state index contributed by atoms with van der Waals surface area (Å²) in [6, 6.07) is 6.11. The molecule has 0 saturated carbocycles. The number of esters is 2. The molecule has 0 aromatic heterocycles. The Morgan fingerprint density at radius 1 is 1.00 bits per heavy atom. The fraction of sp³-hybridized carbons (Fsp3) is 0.467. The van der Waals surface area contributed by atoms with Crippen molar-refractivity contribution in [2.24, 2.45) is 11.8 Å². The summed E-state index contributed by atoms with van der Waals surface area (Å²) in [4.78, 5) is 23.7. The predicted molar refractivity (Wildman–Crippen MR) is 69.6 cm³/mol. The largest absolute Gasteiger partial charge is 0.469 e. The zero-order valence-electron chi connectivity index (χ0n) is 11.4. The third-order valence-corrected chi connectivity index (χ3v) is 3.73. The van der Waals surface area contributed by atoms with Crippen LogP contribution in [0.15, 0.2) is 18.2 Å². The van der Waals surface area contributed by atoms with Crippen molar-refractivity contribution in [2.45, 2.75) is 19.8 Å². The van der Waals surface area contributed by atoms with Gasteiger partial charge in [0.2, 0.25) is 0 Å². The first-order valence-electron chi connectivity index (χ1n) is 6.31. The van der Waals surface area contributed by atoms with Gasteiger partial charge in [0.05, 0.1) is 26.1 Å². The first-order chi connectivity index (χ1) is 9.06. The van der Waals surface area contributed by atoms with Gasteiger partial charge in [-0.15, -0.1) is 0 Å². The van der Waals surface area contributed by atoms with Crippen molar-refractivity contribution in [3.8, 4) is 0 Å². The monoisotopic (exact) mass is 262 g/mol. The molecule has 0 saturated heterocycles. The minimum Gasteiger partial charge on any atom is -0.469 e. The topological polar surface area (TPSA) is 52.6 Å². The number of benzene rings is 1. The van der Waals surface area contributed by atoms with E-state index < -0.39 is 11.8 Å². The molecule has 4 nitrogen and oxygen atoms in total. The summed E-state index contributed by atoms with van der Waals surface area (Å²) < 4.78 is 9.62. The molecule has 1 aromatic carbocycles. The van der Waals surface area contributed by atoms with Gasteiger partial charge < -0.3 is 9.47 Å². The van der Waals surface area contributed by atoms with Crippen LogP contribution in [-0.2, 0) is 31.9 Å². The van der Waals surface area contributed by atoms with Gasteiger partial charge in [-0.1, -0.05) is 23.8 Å². The Bertz CT molecular complexity index is 507. The van der Waals surface area contributed by atoms with Crippen LogP contribution in [0, 0.1) is 18.8 Å². The molecule has 1 aromatic rings. The highest BCUT2D eigenvalue weighted by molar-refractivity contribution is 5.83. The number of ether oxygens (including phenoxy) is 2. The van der Waals surface area contributed by atoms with Crippen molar-refractivity contribution in [2.75, 3.05) is 14.2 Å². The number of aryl methyl sites for hydroxylation is 1. The first kappa shape index (κ1) is 13.6. The van der Waals surface area contributed by atoms with Crippen LogP contribution in [0.5, 0.6) is 0 Å². The van der Waals surface area contributed by atoms with Crippen LogP contribution in [0.1, 0.15) is 16.7 Å². The lowest BCUT2D eigenvalue weighted by atomic mass is 9.75. The van der Waals surface area contributed by atoms with Gasteiger partial charge in [-0.2, -0.15) is 0 Å². The lowest BCUT2D eigenvalue weighted by Gasteiger charge is -2.29. The molecular weight excluding hydrogens is 244 g/mol. The zero-order valence-corrected chi connectivity index (χ0v) is 11.4. The number of carbonyl (C=O) groups excluding carboxylic acids is 2. The van der Waals surface area contributed by atoms with Crippen molar-refractivity contribution in [3.05, 3.63) is 34.9 Å². The van der Waals surface area contributed by atoms with E-state index in [-0.39, 0.29) is 11.9 Å². The summed E-state index contributed by atoms with van der Waals surface area (Å²) in [5.41, 5.74) is 3.38. The van der Waals surface area contributed by atoms with Crippen molar-refractivity contribution < 1.29 is 19.1 Å². The molecule has 0 N–H and O–H groups in total. The third-order valence-electron chi connectivity index (χ3n) is 3.73. The summed E-state index contributed by atoms with van der Waals surface area (Å²) in [5, 5.41) is 0. The van der Waals surface area contributed by atoms with E-state index in [0.717, 1.165) is 16.7 Å². The Morgan fingerprint density at radius 2 is 1.53 bits per heavy atom. The predicted octanol–water partition coefficient (Wildman–Crippen LogP) is 1.67. The van der Waals surface area contributed by atoms with Gasteiger partial charge >= 0.3 is 11.9 Å². The summed E-state index contributed by atoms with van der Waals surface area (Å²) >= 11 is 0. The average molecular weight is 262 g/mol. The molecule has 0 aliphatic heterocycles. The van der Waals surface area contributed by atoms with Crippen molar-refractivity contribution in [1.29, 1.82) is 0 Å². The van der Waals surface area contributed by atoms with Crippen LogP contribution in [-0.4, -0.2) is 26.2 Å². The van der Waals surface area contributed by atoms with E-state index in [0.29, 0.717) is 12.8 Å². The van der Waals surface area contributed by atoms with E-state index in [1.54, 1.807) is 0 Å². The van der Waals surface area contributed by atoms with Gasteiger partial charge in [-0.05, 0) is 30.9 Å². The minimum absolute atomic E-state index is 0.345. The summed E-state index contributed by atoms with van der Waals surface area (Å²) in [6.07, 6.45) is 1.06. The van der Waals surface area contributed by atoms with E-state index in [1.165, 1.54) is 14.2 Å². The molecule has 19 heavy (non-hydrogen) atoms. The Morgan fingerprint density at radius 3 is 2.05 bits per heavy atom. The highest BCUT2D eigenvalue weighted by Crippen LogP contribution is 2.32. The number of hydrogen-bond donors (Lipinski definition) is 0. The van der Waals surface area contributed by atoms with Crippen LogP contribution >= 0.6 is 0 Å². The molecule has 1 aliphatic carbocycles. The zero-order chi connectivity index (χ0) is 14.0. The van der Waals surface area contributed by atoms with Crippen molar-refractivity contribution in [3.63, 3.8) is 0 Å². The van der Waals surface area contributed by atoms with Crippen LogP contribution in [0.3, 0.4) is 0 Å². The quantitative estimate of drug-likeness (QED) is 0.761. The van der Waals surface area contributed by atoms with Crippen LogP contribution in [0.2, 0.25) is 0 Å². The van der Waals surface area contributed by atoms with E-state index in [4.69, 9.17) is 9.47 Å². The lowest BCUT2D eigenvalue weighted by Crippen LogP contribution is -2.38. The maximum atomic E-state index is 11.9. The number of carbonyl (C=O) groups is 2. The molecule has 0 fully saturated rings. The second-order valence-corrected chi connectivity index (χ2v) is 4.94. The second kappa shape index (κ2) is 5.43. The molecule has 4 heteroatoms. The van der Waals surface area contributed by atoms with Crippen molar-refractivity contribution in [1.82, 2.24) is 0 Å². The number of fused-ring (bicyclic) bond motifs is 1. The number of rotatable bonds is 2. The molecule has 2 rings (SSSR count). The normalized spacial score (nSPS) is 21.4. The summed E-state index contributed by atoms with van der Waals surface area (Å²) in [7, 11) is 2.70. The third kappa shape index (κ3) is 2.62. The fourth-order valence-electron chi connectivity index (χ4n) is 2.70. The van der Waals surface area contributed by atoms with Crippen LogP contribution < -0.4 is 0 Å². The minimum atomic E-state index is -0.452. The molecule has 0 heterocycles. The molecule has 0 spiro atoms. The van der Waals surface area contributed by atoms with E-state index in [2.05, 4.69) is 6.07 Å². The van der Waals surface area contributed by atoms with E-state index >= 15 is 0 Å². The highest BCUT2D eigenvalue weighted by atomic mass is 16.5. The molecular formula is C15H18O4. The van der Waals surface area contributed by atoms with E-state index in [9.17, 15) is 9.59 Å². The lowest BCUT2D eigenvalue weighted by molar-refractivity contribution is -0.158.